The van der Waals surface area contributed by atoms with Gasteiger partial charge in [-0.25, -0.2) is 0 Å². The summed E-state index contributed by atoms with van der Waals surface area (Å²) >= 11 is 0. The van der Waals surface area contributed by atoms with Crippen molar-refractivity contribution in [2.75, 3.05) is 7.11 Å². The second-order valence-electron chi connectivity index (χ2n) is 2.99. The third-order valence-electron chi connectivity index (χ3n) is 2.22. The number of hydrogen-bond donors (Lipinski definition) is 0. The second-order valence-corrected chi connectivity index (χ2v) is 2.99. The van der Waals surface area contributed by atoms with Gasteiger partial charge in [-0.2, -0.15) is 0 Å². The van der Waals surface area contributed by atoms with Gasteiger partial charge >= 0.3 is 5.97 Å². The highest BCUT2D eigenvalue weighted by molar-refractivity contribution is 5.73. The van der Waals surface area contributed by atoms with Gasteiger partial charge in [-0.15, -0.1) is 0 Å². The average Bonchev–Trinajstić information content (AvgIpc) is 2.04. The van der Waals surface area contributed by atoms with Crippen molar-refractivity contribution < 1.29 is 9.53 Å². The molecule has 0 bridgehead atoms. The Morgan fingerprint density at radius 1 is 1.64 bits per heavy atom. The largest absolute Gasteiger partial charge is 0.469 e. The van der Waals surface area contributed by atoms with Gasteiger partial charge in [-0.1, -0.05) is 19.1 Å². The first-order valence-electron chi connectivity index (χ1n) is 4.00. The lowest BCUT2D eigenvalue weighted by Gasteiger charge is -2.21. The second kappa shape index (κ2) is 3.56. The van der Waals surface area contributed by atoms with E-state index in [-0.39, 0.29) is 11.9 Å². The van der Waals surface area contributed by atoms with Crippen molar-refractivity contribution in [1.29, 1.82) is 0 Å². The molecular weight excluding hydrogens is 140 g/mol. The Morgan fingerprint density at radius 3 is 2.91 bits per heavy atom. The first-order chi connectivity index (χ1) is 5.25. The van der Waals surface area contributed by atoms with Crippen molar-refractivity contribution in [1.82, 2.24) is 0 Å². The van der Waals surface area contributed by atoms with Gasteiger partial charge < -0.3 is 4.74 Å². The van der Waals surface area contributed by atoms with Crippen LogP contribution in [0.4, 0.5) is 0 Å². The molecule has 0 N–H and O–H groups in total. The molecule has 11 heavy (non-hydrogen) atoms. The first-order valence-corrected chi connectivity index (χ1v) is 4.00. The summed E-state index contributed by atoms with van der Waals surface area (Å²) in [5.41, 5.74) is 0. The monoisotopic (exact) mass is 154 g/mol. The number of methoxy groups -OCH3 is 1. The molecule has 0 saturated carbocycles. The molecule has 1 aliphatic carbocycles. The minimum Gasteiger partial charge on any atom is -0.469 e. The van der Waals surface area contributed by atoms with Crippen LogP contribution >= 0.6 is 0 Å². The summed E-state index contributed by atoms with van der Waals surface area (Å²) in [5.74, 6) is 0.364. The maximum absolute atomic E-state index is 11.1. The van der Waals surface area contributed by atoms with Gasteiger partial charge in [0.15, 0.2) is 0 Å². The lowest BCUT2D eigenvalue weighted by atomic mass is 9.85. The van der Waals surface area contributed by atoms with E-state index >= 15 is 0 Å². The van der Waals surface area contributed by atoms with E-state index < -0.39 is 0 Å². The number of rotatable bonds is 1. The molecule has 2 nitrogen and oxygen atoms in total. The third kappa shape index (κ3) is 1.82. The van der Waals surface area contributed by atoms with E-state index in [1.165, 1.54) is 7.11 Å². The van der Waals surface area contributed by atoms with Crippen molar-refractivity contribution in [2.45, 2.75) is 19.8 Å². The highest BCUT2D eigenvalue weighted by Gasteiger charge is 2.25. The lowest BCUT2D eigenvalue weighted by molar-refractivity contribution is -0.147. The topological polar surface area (TPSA) is 26.3 Å². The molecule has 0 fully saturated rings. The van der Waals surface area contributed by atoms with Crippen LogP contribution in [0.3, 0.4) is 0 Å². The lowest BCUT2D eigenvalue weighted by Crippen LogP contribution is -2.23. The van der Waals surface area contributed by atoms with Crippen LogP contribution in [-0.2, 0) is 9.53 Å². The van der Waals surface area contributed by atoms with Crippen LogP contribution in [0, 0.1) is 11.8 Å². The number of esters is 1. The fourth-order valence-electron chi connectivity index (χ4n) is 1.47. The summed E-state index contributed by atoms with van der Waals surface area (Å²) < 4.78 is 4.69. The summed E-state index contributed by atoms with van der Waals surface area (Å²) in [6, 6.07) is 0. The summed E-state index contributed by atoms with van der Waals surface area (Å²) in [7, 11) is 1.45. The Morgan fingerprint density at radius 2 is 2.36 bits per heavy atom. The van der Waals surface area contributed by atoms with Gasteiger partial charge in [0.05, 0.1) is 13.0 Å². The summed E-state index contributed by atoms with van der Waals surface area (Å²) in [5, 5.41) is 0. The first kappa shape index (κ1) is 8.31. The van der Waals surface area contributed by atoms with Crippen molar-refractivity contribution in [2.24, 2.45) is 11.8 Å². The van der Waals surface area contributed by atoms with Gasteiger partial charge in [-0.05, 0) is 18.8 Å². The number of carbonyl (C=O) groups excluding carboxylic acids is 1. The van der Waals surface area contributed by atoms with Crippen LogP contribution in [0.25, 0.3) is 0 Å². The molecule has 0 aromatic heterocycles. The van der Waals surface area contributed by atoms with Crippen molar-refractivity contribution in [3.63, 3.8) is 0 Å². The maximum atomic E-state index is 11.1. The molecule has 62 valence electrons. The molecule has 0 radical (unpaired) electrons. The van der Waals surface area contributed by atoms with Crippen LogP contribution in [0.5, 0.6) is 0 Å². The zero-order valence-corrected chi connectivity index (χ0v) is 7.04. The normalized spacial score (nSPS) is 30.0. The van der Waals surface area contributed by atoms with Gasteiger partial charge in [0.25, 0.3) is 0 Å². The zero-order chi connectivity index (χ0) is 8.27. The van der Waals surface area contributed by atoms with Crippen LogP contribution in [-0.4, -0.2) is 13.1 Å². The van der Waals surface area contributed by atoms with Gasteiger partial charge in [0.2, 0.25) is 0 Å². The van der Waals surface area contributed by atoms with E-state index in [1.54, 1.807) is 0 Å². The van der Waals surface area contributed by atoms with Crippen molar-refractivity contribution in [3.8, 4) is 0 Å². The average molecular weight is 154 g/mol. The molecule has 2 heteroatoms. The number of ether oxygens (including phenoxy) is 1. The number of hydrogen-bond acceptors (Lipinski definition) is 2. The molecular formula is C9H14O2. The Hall–Kier alpha value is -0.790. The van der Waals surface area contributed by atoms with Crippen LogP contribution in [0.1, 0.15) is 19.8 Å². The fraction of sp³-hybridized carbons (Fsp3) is 0.667. The molecule has 0 aromatic carbocycles. The molecule has 0 amide bonds. The molecule has 0 unspecified atom stereocenters. The molecule has 1 aliphatic rings. The van der Waals surface area contributed by atoms with Gasteiger partial charge in [-0.3, -0.25) is 4.79 Å². The van der Waals surface area contributed by atoms with Crippen molar-refractivity contribution >= 4 is 5.97 Å². The standard InChI is InChI=1S/C9H14O2/c1-7-5-3-4-6-8(7)9(10)11-2/h3,5,7-8H,4,6H2,1-2H3/t7-,8+/m0/s1. The SMILES string of the molecule is COC(=O)[C@@H]1CCC=C[C@@H]1C. The zero-order valence-electron chi connectivity index (χ0n) is 7.04. The molecule has 0 aromatic rings. The van der Waals surface area contributed by atoms with E-state index in [0.29, 0.717) is 5.92 Å². The van der Waals surface area contributed by atoms with Crippen LogP contribution < -0.4 is 0 Å². The van der Waals surface area contributed by atoms with Crippen LogP contribution in [0.15, 0.2) is 12.2 Å². The third-order valence-corrected chi connectivity index (χ3v) is 2.22. The molecule has 2 atom stereocenters. The van der Waals surface area contributed by atoms with E-state index in [2.05, 4.69) is 23.8 Å². The van der Waals surface area contributed by atoms with Gasteiger partial charge in [0.1, 0.15) is 0 Å². The fourth-order valence-corrected chi connectivity index (χ4v) is 1.47. The van der Waals surface area contributed by atoms with Crippen LogP contribution in [0.2, 0.25) is 0 Å². The van der Waals surface area contributed by atoms with Gasteiger partial charge in [0, 0.05) is 0 Å². The summed E-state index contributed by atoms with van der Waals surface area (Å²) in [4.78, 5) is 11.1. The quantitative estimate of drug-likeness (QED) is 0.425. The van der Waals surface area contributed by atoms with Crippen molar-refractivity contribution in [3.05, 3.63) is 12.2 Å². The highest BCUT2D eigenvalue weighted by Crippen LogP contribution is 2.24. The Kier molecular flexibility index (Phi) is 2.69. The number of allylic oxidation sites excluding steroid dienone is 2. The smallest absolute Gasteiger partial charge is 0.309 e. The highest BCUT2D eigenvalue weighted by atomic mass is 16.5. The molecule has 1 rings (SSSR count). The Bertz CT molecular complexity index is 172. The Labute approximate surface area is 67.2 Å². The predicted molar refractivity (Wildman–Crippen MR) is 43.0 cm³/mol. The predicted octanol–water partition coefficient (Wildman–Crippen LogP) is 1.76. The van der Waals surface area contributed by atoms with E-state index in [0.717, 1.165) is 12.8 Å². The Balaban J connectivity index is 2.57. The van der Waals surface area contributed by atoms with E-state index in [4.69, 9.17) is 0 Å². The minimum absolute atomic E-state index is 0.0677. The summed E-state index contributed by atoms with van der Waals surface area (Å²) in [6.07, 6.45) is 6.16. The molecule has 0 saturated heterocycles. The molecule has 0 aliphatic heterocycles. The molecule has 0 spiro atoms. The maximum Gasteiger partial charge on any atom is 0.309 e. The van der Waals surface area contributed by atoms with E-state index in [1.807, 2.05) is 0 Å². The summed E-state index contributed by atoms with van der Waals surface area (Å²) in [6.45, 7) is 2.05. The minimum atomic E-state index is -0.0677. The van der Waals surface area contributed by atoms with E-state index in [9.17, 15) is 4.79 Å². The number of carbonyl (C=O) groups is 1. The molecule has 0 heterocycles.